The molecular weight excluding hydrogens is 381 g/mol. The van der Waals surface area contributed by atoms with Crippen LogP contribution in [0.1, 0.15) is 12.8 Å². The first-order valence-corrected chi connectivity index (χ1v) is 10.0. The van der Waals surface area contributed by atoms with E-state index < -0.39 is 15.8 Å². The Labute approximate surface area is 158 Å². The van der Waals surface area contributed by atoms with Gasteiger partial charge in [-0.3, -0.25) is 4.79 Å². The summed E-state index contributed by atoms with van der Waals surface area (Å²) in [6, 6.07) is 4.81. The van der Waals surface area contributed by atoms with Crippen molar-refractivity contribution in [2.75, 3.05) is 39.8 Å². The quantitative estimate of drug-likeness (QED) is 0.431. The van der Waals surface area contributed by atoms with Gasteiger partial charge in [-0.1, -0.05) is 0 Å². The monoisotopic (exact) mass is 403 g/mol. The van der Waals surface area contributed by atoms with Crippen molar-refractivity contribution in [1.29, 1.82) is 0 Å². The van der Waals surface area contributed by atoms with Crippen molar-refractivity contribution in [2.24, 2.45) is 0 Å². The molecule has 1 aliphatic heterocycles. The van der Waals surface area contributed by atoms with Crippen LogP contribution in [0.3, 0.4) is 0 Å². The minimum Gasteiger partial charge on any atom is -0.469 e. The van der Waals surface area contributed by atoms with Gasteiger partial charge in [0.25, 0.3) is 0 Å². The number of hydrogen-bond acceptors (Lipinski definition) is 5. The zero-order valence-electron chi connectivity index (χ0n) is 14.5. The fourth-order valence-corrected chi connectivity index (χ4v) is 4.24. The number of nitrogens with one attached hydrogen (secondary N) is 1. The number of sulfonamides is 1. The molecule has 1 aliphatic rings. The number of nitrogens with zero attached hydrogens (tertiary/aromatic N) is 2. The molecule has 0 amide bonds. The molecule has 7 nitrogen and oxygen atoms in total. The molecule has 26 heavy (non-hydrogen) atoms. The first-order valence-electron chi connectivity index (χ1n) is 8.20. The Balaban J connectivity index is 1.81. The van der Waals surface area contributed by atoms with E-state index in [9.17, 15) is 17.6 Å². The summed E-state index contributed by atoms with van der Waals surface area (Å²) >= 11 is 5.31. The van der Waals surface area contributed by atoms with Gasteiger partial charge in [0.15, 0.2) is 5.11 Å². The molecule has 0 spiro atoms. The van der Waals surface area contributed by atoms with E-state index in [0.29, 0.717) is 50.7 Å². The average molecular weight is 404 g/mol. The van der Waals surface area contributed by atoms with E-state index >= 15 is 0 Å². The van der Waals surface area contributed by atoms with Gasteiger partial charge in [-0.15, -0.1) is 0 Å². The molecule has 1 N–H and O–H groups in total. The van der Waals surface area contributed by atoms with Gasteiger partial charge in [0.2, 0.25) is 10.0 Å². The van der Waals surface area contributed by atoms with Crippen molar-refractivity contribution in [3.63, 3.8) is 0 Å². The number of rotatable bonds is 6. The Kier molecular flexibility index (Phi) is 7.30. The van der Waals surface area contributed by atoms with Crippen LogP contribution in [0.5, 0.6) is 0 Å². The number of halogens is 1. The Morgan fingerprint density at radius 3 is 2.42 bits per heavy atom. The van der Waals surface area contributed by atoms with Crippen molar-refractivity contribution in [3.8, 4) is 0 Å². The SMILES string of the molecule is COC(=O)CCCNC(=S)N1CCN(S(=O)(=O)c2ccc(F)cc2)CC1. The molecule has 1 fully saturated rings. The molecule has 1 aromatic rings. The first-order chi connectivity index (χ1) is 12.3. The van der Waals surface area contributed by atoms with E-state index in [1.165, 1.54) is 23.5 Å². The van der Waals surface area contributed by atoms with E-state index in [4.69, 9.17) is 12.2 Å². The van der Waals surface area contributed by atoms with Gasteiger partial charge in [-0.25, -0.2) is 12.8 Å². The molecule has 0 aliphatic carbocycles. The fourth-order valence-electron chi connectivity index (χ4n) is 2.53. The number of benzene rings is 1. The lowest BCUT2D eigenvalue weighted by molar-refractivity contribution is -0.140. The topological polar surface area (TPSA) is 79.0 Å². The number of esters is 1. The maximum Gasteiger partial charge on any atom is 0.305 e. The largest absolute Gasteiger partial charge is 0.469 e. The summed E-state index contributed by atoms with van der Waals surface area (Å²) in [6.45, 7) is 2.06. The van der Waals surface area contributed by atoms with E-state index in [-0.39, 0.29) is 10.9 Å². The molecule has 10 heteroatoms. The van der Waals surface area contributed by atoms with Crippen LogP contribution in [0.2, 0.25) is 0 Å². The lowest BCUT2D eigenvalue weighted by Gasteiger charge is -2.35. The third-order valence-electron chi connectivity index (χ3n) is 4.04. The predicted octanol–water partition coefficient (Wildman–Crippen LogP) is 0.960. The van der Waals surface area contributed by atoms with Crippen LogP contribution in [-0.4, -0.2) is 68.5 Å². The first kappa shape index (κ1) is 20.5. The molecule has 1 heterocycles. The summed E-state index contributed by atoms with van der Waals surface area (Å²) in [6.07, 6.45) is 0.918. The summed E-state index contributed by atoms with van der Waals surface area (Å²) in [5.74, 6) is -0.741. The smallest absolute Gasteiger partial charge is 0.305 e. The molecule has 144 valence electrons. The molecule has 1 aromatic carbocycles. The number of carbonyl (C=O) groups is 1. The summed E-state index contributed by atoms with van der Waals surface area (Å²) in [7, 11) is -2.29. The molecule has 0 bridgehead atoms. The molecule has 0 atom stereocenters. The highest BCUT2D eigenvalue weighted by molar-refractivity contribution is 7.89. The van der Waals surface area contributed by atoms with E-state index in [1.54, 1.807) is 0 Å². The number of ether oxygens (including phenoxy) is 1. The third kappa shape index (κ3) is 5.36. The van der Waals surface area contributed by atoms with E-state index in [2.05, 4.69) is 10.1 Å². The zero-order valence-corrected chi connectivity index (χ0v) is 16.1. The summed E-state index contributed by atoms with van der Waals surface area (Å²) in [5.41, 5.74) is 0. The van der Waals surface area contributed by atoms with Gasteiger partial charge in [0.05, 0.1) is 12.0 Å². The number of methoxy groups -OCH3 is 1. The minimum absolute atomic E-state index is 0.0795. The maximum absolute atomic E-state index is 13.0. The van der Waals surface area contributed by atoms with Crippen LogP contribution in [0.4, 0.5) is 4.39 Å². The van der Waals surface area contributed by atoms with Gasteiger partial charge in [0.1, 0.15) is 5.82 Å². The zero-order chi connectivity index (χ0) is 19.2. The molecular formula is C16H22FN3O4S2. The van der Waals surface area contributed by atoms with Gasteiger partial charge in [-0.05, 0) is 42.9 Å². The summed E-state index contributed by atoms with van der Waals surface area (Å²) in [5, 5.41) is 3.60. The highest BCUT2D eigenvalue weighted by atomic mass is 32.2. The van der Waals surface area contributed by atoms with Gasteiger partial charge in [0, 0.05) is 39.1 Å². The Morgan fingerprint density at radius 1 is 1.23 bits per heavy atom. The molecule has 0 unspecified atom stereocenters. The van der Waals surface area contributed by atoms with Crippen LogP contribution < -0.4 is 5.32 Å². The van der Waals surface area contributed by atoms with Crippen molar-refractivity contribution in [2.45, 2.75) is 17.7 Å². The van der Waals surface area contributed by atoms with Crippen molar-refractivity contribution in [3.05, 3.63) is 30.1 Å². The summed E-state index contributed by atoms with van der Waals surface area (Å²) < 4.78 is 44.1. The van der Waals surface area contributed by atoms with E-state index in [1.807, 2.05) is 4.90 Å². The highest BCUT2D eigenvalue weighted by Crippen LogP contribution is 2.18. The second kappa shape index (κ2) is 9.24. The van der Waals surface area contributed by atoms with Crippen molar-refractivity contribution in [1.82, 2.24) is 14.5 Å². The molecule has 0 saturated carbocycles. The predicted molar refractivity (Wildman–Crippen MR) is 98.6 cm³/mol. The second-order valence-electron chi connectivity index (χ2n) is 5.76. The van der Waals surface area contributed by atoms with Crippen molar-refractivity contribution >= 4 is 33.3 Å². The Hall–Kier alpha value is -1.78. The third-order valence-corrected chi connectivity index (χ3v) is 6.35. The normalized spacial score (nSPS) is 15.5. The van der Waals surface area contributed by atoms with Crippen LogP contribution in [-0.2, 0) is 19.6 Å². The molecule has 0 aromatic heterocycles. The minimum atomic E-state index is -3.64. The van der Waals surface area contributed by atoms with Gasteiger partial charge < -0.3 is 15.0 Å². The van der Waals surface area contributed by atoms with Crippen LogP contribution >= 0.6 is 12.2 Å². The summed E-state index contributed by atoms with van der Waals surface area (Å²) in [4.78, 5) is 13.0. The number of hydrogen-bond donors (Lipinski definition) is 1. The lowest BCUT2D eigenvalue weighted by Crippen LogP contribution is -2.53. The average Bonchev–Trinajstić information content (AvgIpc) is 2.65. The molecule has 1 saturated heterocycles. The lowest BCUT2D eigenvalue weighted by atomic mass is 10.3. The highest BCUT2D eigenvalue weighted by Gasteiger charge is 2.29. The van der Waals surface area contributed by atoms with Crippen LogP contribution in [0.15, 0.2) is 29.2 Å². The molecule has 0 radical (unpaired) electrons. The van der Waals surface area contributed by atoms with Crippen LogP contribution in [0, 0.1) is 5.82 Å². The maximum atomic E-state index is 13.0. The van der Waals surface area contributed by atoms with Crippen molar-refractivity contribution < 1.29 is 22.3 Å². The Bertz CT molecular complexity index is 732. The van der Waals surface area contributed by atoms with E-state index in [0.717, 1.165) is 12.1 Å². The van der Waals surface area contributed by atoms with Crippen LogP contribution in [0.25, 0.3) is 0 Å². The number of carbonyl (C=O) groups excluding carboxylic acids is 1. The van der Waals surface area contributed by atoms with Gasteiger partial charge >= 0.3 is 5.97 Å². The second-order valence-corrected chi connectivity index (χ2v) is 8.08. The molecule has 2 rings (SSSR count). The number of thiocarbonyl (C=S) groups is 1. The van der Waals surface area contributed by atoms with Gasteiger partial charge in [-0.2, -0.15) is 4.31 Å². The Morgan fingerprint density at radius 2 is 1.85 bits per heavy atom. The standard InChI is InChI=1S/C16H22FN3O4S2/c1-24-15(21)3-2-8-18-16(25)19-9-11-20(12-10-19)26(22,23)14-6-4-13(17)5-7-14/h4-7H,2-3,8-12H2,1H3,(H,18,25). The fraction of sp³-hybridized carbons (Fsp3) is 0.500. The number of piperazine rings is 1.